The number of benzene rings is 2. The maximum Gasteiger partial charge on any atom is 0.324 e. The molecule has 3 N–H and O–H groups in total. The van der Waals surface area contributed by atoms with Gasteiger partial charge in [-0.15, -0.1) is 11.3 Å². The van der Waals surface area contributed by atoms with Crippen LogP contribution < -0.4 is 10.6 Å². The van der Waals surface area contributed by atoms with Crippen molar-refractivity contribution >= 4 is 28.1 Å². The molecule has 3 aromatic rings. The largest absolute Gasteiger partial charge is 0.400 e. The van der Waals surface area contributed by atoms with Crippen LogP contribution >= 0.6 is 11.3 Å². The third kappa shape index (κ3) is 5.28. The fourth-order valence-electron chi connectivity index (χ4n) is 2.16. The number of aliphatic hydroxyl groups is 1. The van der Waals surface area contributed by atoms with E-state index in [-0.39, 0.29) is 5.69 Å². The molecule has 27 heavy (non-hydrogen) atoms. The van der Waals surface area contributed by atoms with Crippen molar-refractivity contribution in [3.05, 3.63) is 65.1 Å². The van der Waals surface area contributed by atoms with E-state index in [0.29, 0.717) is 16.1 Å². The van der Waals surface area contributed by atoms with E-state index in [9.17, 15) is 18.0 Å². The molecular formula is C18H16F3N3O2S. The van der Waals surface area contributed by atoms with Gasteiger partial charge in [0.05, 0.1) is 16.9 Å². The summed E-state index contributed by atoms with van der Waals surface area (Å²) in [7, 11) is 1.00. The minimum absolute atomic E-state index is 0.0370. The number of rotatable bonds is 3. The van der Waals surface area contributed by atoms with Gasteiger partial charge in [0, 0.05) is 7.11 Å². The Morgan fingerprint density at radius 1 is 0.963 bits per heavy atom. The zero-order valence-corrected chi connectivity index (χ0v) is 15.2. The Balaban J connectivity index is 0.00000126. The van der Waals surface area contributed by atoms with Crippen LogP contribution in [-0.4, -0.2) is 23.2 Å². The summed E-state index contributed by atoms with van der Waals surface area (Å²) in [6.45, 7) is 1.80. The average Bonchev–Trinajstić information content (AvgIpc) is 3.05. The first-order valence-corrected chi connectivity index (χ1v) is 8.44. The summed E-state index contributed by atoms with van der Waals surface area (Å²) < 4.78 is 40.5. The third-order valence-electron chi connectivity index (χ3n) is 3.33. The summed E-state index contributed by atoms with van der Waals surface area (Å²) in [5.74, 6) is -2.69. The van der Waals surface area contributed by atoms with E-state index < -0.39 is 23.5 Å². The fraction of sp³-hybridized carbons (Fsp3) is 0.111. The molecule has 9 heteroatoms. The number of hydrogen-bond acceptors (Lipinski definition) is 4. The van der Waals surface area contributed by atoms with Gasteiger partial charge in [-0.25, -0.2) is 22.9 Å². The molecule has 0 bridgehead atoms. The molecule has 0 spiro atoms. The Labute approximate surface area is 157 Å². The van der Waals surface area contributed by atoms with Crippen LogP contribution in [0.5, 0.6) is 0 Å². The highest BCUT2D eigenvalue weighted by atomic mass is 32.1. The number of nitrogens with zero attached hydrogens (tertiary/aromatic N) is 1. The van der Waals surface area contributed by atoms with Crippen molar-refractivity contribution in [2.75, 3.05) is 17.7 Å². The molecular weight excluding hydrogens is 379 g/mol. The maximum absolute atomic E-state index is 14.2. The SMILES string of the molecule is CO.Cc1ncc(NC(=O)Nc2ccc(-c3ccc(F)c(F)c3)cc2F)s1. The van der Waals surface area contributed by atoms with Crippen LogP contribution in [0.4, 0.5) is 28.7 Å². The topological polar surface area (TPSA) is 74.2 Å². The minimum Gasteiger partial charge on any atom is -0.400 e. The van der Waals surface area contributed by atoms with Crippen molar-refractivity contribution in [2.45, 2.75) is 6.92 Å². The van der Waals surface area contributed by atoms with Gasteiger partial charge in [-0.1, -0.05) is 12.1 Å². The lowest BCUT2D eigenvalue weighted by molar-refractivity contribution is 0.262. The van der Waals surface area contributed by atoms with E-state index in [2.05, 4.69) is 15.6 Å². The van der Waals surface area contributed by atoms with Gasteiger partial charge in [0.1, 0.15) is 10.8 Å². The number of urea groups is 1. The number of amides is 2. The third-order valence-corrected chi connectivity index (χ3v) is 4.16. The molecule has 0 aliphatic rings. The molecule has 0 fully saturated rings. The van der Waals surface area contributed by atoms with Crippen molar-refractivity contribution in [2.24, 2.45) is 0 Å². The smallest absolute Gasteiger partial charge is 0.324 e. The molecule has 5 nitrogen and oxygen atoms in total. The number of anilines is 2. The van der Waals surface area contributed by atoms with Gasteiger partial charge in [0.25, 0.3) is 0 Å². The van der Waals surface area contributed by atoms with Gasteiger partial charge in [-0.05, 0) is 42.3 Å². The van der Waals surface area contributed by atoms with E-state index in [1.165, 1.54) is 35.7 Å². The predicted octanol–water partition coefficient (Wildman–Crippen LogP) is 4.79. The number of aryl methyl sites for hydroxylation is 1. The molecule has 0 aliphatic heterocycles. The number of thiazole rings is 1. The van der Waals surface area contributed by atoms with Crippen LogP contribution in [0, 0.1) is 24.4 Å². The maximum atomic E-state index is 14.2. The summed E-state index contributed by atoms with van der Waals surface area (Å²) in [5, 5.41) is 13.3. The van der Waals surface area contributed by atoms with Crippen molar-refractivity contribution in [1.82, 2.24) is 4.98 Å². The summed E-state index contributed by atoms with van der Waals surface area (Å²) in [6.07, 6.45) is 1.50. The molecule has 1 heterocycles. The number of hydrogen-bond donors (Lipinski definition) is 3. The first kappa shape index (κ1) is 20.4. The molecule has 1 aromatic heterocycles. The quantitative estimate of drug-likeness (QED) is 0.597. The second-order valence-corrected chi connectivity index (χ2v) is 6.38. The summed E-state index contributed by atoms with van der Waals surface area (Å²) in [4.78, 5) is 15.9. The van der Waals surface area contributed by atoms with E-state index in [1.807, 2.05) is 0 Å². The van der Waals surface area contributed by atoms with Gasteiger partial charge in [-0.3, -0.25) is 5.32 Å². The van der Waals surface area contributed by atoms with Crippen molar-refractivity contribution < 1.29 is 23.1 Å². The van der Waals surface area contributed by atoms with E-state index >= 15 is 0 Å². The van der Waals surface area contributed by atoms with Crippen LogP contribution in [0.25, 0.3) is 11.1 Å². The highest BCUT2D eigenvalue weighted by molar-refractivity contribution is 7.15. The van der Waals surface area contributed by atoms with Gasteiger partial charge in [-0.2, -0.15) is 0 Å². The fourth-order valence-corrected chi connectivity index (χ4v) is 2.83. The summed E-state index contributed by atoms with van der Waals surface area (Å²) in [6, 6.07) is 6.68. The highest BCUT2D eigenvalue weighted by Crippen LogP contribution is 2.26. The Morgan fingerprint density at radius 2 is 1.59 bits per heavy atom. The highest BCUT2D eigenvalue weighted by Gasteiger charge is 2.11. The van der Waals surface area contributed by atoms with Crippen LogP contribution in [0.2, 0.25) is 0 Å². The van der Waals surface area contributed by atoms with Gasteiger partial charge < -0.3 is 10.4 Å². The number of nitrogens with one attached hydrogen (secondary N) is 2. The van der Waals surface area contributed by atoms with Crippen LogP contribution in [-0.2, 0) is 0 Å². The number of aliphatic hydroxyl groups excluding tert-OH is 1. The molecule has 0 aliphatic carbocycles. The normalized spacial score (nSPS) is 10.0. The minimum atomic E-state index is -1.01. The first-order valence-electron chi connectivity index (χ1n) is 7.62. The number of carbonyl (C=O) groups excluding carboxylic acids is 1. The van der Waals surface area contributed by atoms with Crippen LogP contribution in [0.15, 0.2) is 42.6 Å². The van der Waals surface area contributed by atoms with Gasteiger partial charge in [0.2, 0.25) is 0 Å². The summed E-state index contributed by atoms with van der Waals surface area (Å²) in [5.41, 5.74) is 0.652. The number of halogens is 3. The van der Waals surface area contributed by atoms with Gasteiger partial charge in [0.15, 0.2) is 11.6 Å². The number of carbonyl (C=O) groups is 1. The van der Waals surface area contributed by atoms with Crippen molar-refractivity contribution in [1.29, 1.82) is 0 Å². The van der Waals surface area contributed by atoms with Crippen LogP contribution in [0.3, 0.4) is 0 Å². The molecule has 0 atom stereocenters. The van der Waals surface area contributed by atoms with E-state index in [0.717, 1.165) is 30.3 Å². The second-order valence-electron chi connectivity index (χ2n) is 5.15. The molecule has 142 valence electrons. The molecule has 0 unspecified atom stereocenters. The molecule has 0 saturated carbocycles. The molecule has 2 aromatic carbocycles. The lowest BCUT2D eigenvalue weighted by atomic mass is 10.0. The zero-order valence-electron chi connectivity index (χ0n) is 14.4. The average molecular weight is 395 g/mol. The molecule has 0 radical (unpaired) electrons. The van der Waals surface area contributed by atoms with Crippen LogP contribution in [0.1, 0.15) is 5.01 Å². The standard InChI is InChI=1S/C17H12F3N3OS.CH4O/c1-9-21-8-16(25-9)23-17(24)22-15-5-3-11(7-14(15)20)10-2-4-12(18)13(19)6-10;1-2/h2-8H,1H3,(H2,22,23,24);2H,1H3. The molecule has 2 amide bonds. The lowest BCUT2D eigenvalue weighted by Crippen LogP contribution is -2.19. The molecule has 0 saturated heterocycles. The van der Waals surface area contributed by atoms with Crippen molar-refractivity contribution in [3.8, 4) is 11.1 Å². The summed E-state index contributed by atoms with van der Waals surface area (Å²) >= 11 is 1.29. The number of aromatic nitrogens is 1. The Bertz CT molecular complexity index is 947. The predicted molar refractivity (Wildman–Crippen MR) is 99.4 cm³/mol. The zero-order chi connectivity index (χ0) is 20.0. The first-order chi connectivity index (χ1) is 12.9. The molecule has 3 rings (SSSR count). The Kier molecular flexibility index (Phi) is 6.91. The monoisotopic (exact) mass is 395 g/mol. The van der Waals surface area contributed by atoms with E-state index in [1.54, 1.807) is 6.92 Å². The van der Waals surface area contributed by atoms with Crippen molar-refractivity contribution in [3.63, 3.8) is 0 Å². The lowest BCUT2D eigenvalue weighted by Gasteiger charge is -2.09. The van der Waals surface area contributed by atoms with Gasteiger partial charge >= 0.3 is 6.03 Å². The second kappa shape index (κ2) is 9.15. The Hall–Kier alpha value is -2.91. The van der Waals surface area contributed by atoms with E-state index in [4.69, 9.17) is 5.11 Å². The Morgan fingerprint density at radius 3 is 2.15 bits per heavy atom.